The standard InChI is InChI=1S/C18H27IN2O2/c1-12-8-9-15(11-16(12)19)20-13-6-5-7-14(10-13)21-17(22)23-18(2,3)4/h8-9,11,13-14,20H,5-7,10H2,1-4H3,(H,21,22). The lowest BCUT2D eigenvalue weighted by Crippen LogP contribution is -2.43. The average molecular weight is 430 g/mol. The first-order valence-electron chi connectivity index (χ1n) is 8.25. The lowest BCUT2D eigenvalue weighted by atomic mass is 9.91. The highest BCUT2D eigenvalue weighted by atomic mass is 127. The molecule has 4 nitrogen and oxygen atoms in total. The number of carbonyl (C=O) groups is 1. The summed E-state index contributed by atoms with van der Waals surface area (Å²) in [5.41, 5.74) is 2.00. The molecular weight excluding hydrogens is 403 g/mol. The van der Waals surface area contributed by atoms with Crippen LogP contribution in [0.2, 0.25) is 0 Å². The van der Waals surface area contributed by atoms with Crippen LogP contribution < -0.4 is 10.6 Å². The molecule has 0 heterocycles. The number of alkyl carbamates (subject to hydrolysis) is 1. The number of hydrogen-bond acceptors (Lipinski definition) is 3. The molecular formula is C18H27IN2O2. The quantitative estimate of drug-likeness (QED) is 0.675. The van der Waals surface area contributed by atoms with E-state index in [0.29, 0.717) is 6.04 Å². The minimum absolute atomic E-state index is 0.181. The molecule has 1 aliphatic rings. The molecule has 1 aromatic carbocycles. The molecule has 0 saturated heterocycles. The number of amides is 1. The van der Waals surface area contributed by atoms with Crippen molar-refractivity contribution in [1.82, 2.24) is 5.32 Å². The van der Waals surface area contributed by atoms with Gasteiger partial charge in [0.25, 0.3) is 0 Å². The Hall–Kier alpha value is -0.980. The van der Waals surface area contributed by atoms with Crippen molar-refractivity contribution in [3.63, 3.8) is 0 Å². The topological polar surface area (TPSA) is 50.4 Å². The molecule has 128 valence electrons. The normalized spacial score (nSPS) is 21.6. The fourth-order valence-electron chi connectivity index (χ4n) is 2.84. The Kier molecular flexibility index (Phi) is 6.17. The van der Waals surface area contributed by atoms with Gasteiger partial charge in [-0.2, -0.15) is 0 Å². The first-order valence-corrected chi connectivity index (χ1v) is 9.33. The Morgan fingerprint density at radius 3 is 2.61 bits per heavy atom. The number of hydrogen-bond donors (Lipinski definition) is 2. The van der Waals surface area contributed by atoms with Gasteiger partial charge < -0.3 is 15.4 Å². The van der Waals surface area contributed by atoms with Crippen molar-refractivity contribution in [2.45, 2.75) is 71.1 Å². The van der Waals surface area contributed by atoms with E-state index in [4.69, 9.17) is 4.74 Å². The van der Waals surface area contributed by atoms with Crippen molar-refractivity contribution in [1.29, 1.82) is 0 Å². The van der Waals surface area contributed by atoms with E-state index < -0.39 is 5.60 Å². The Morgan fingerprint density at radius 1 is 1.26 bits per heavy atom. The molecule has 0 aromatic heterocycles. The van der Waals surface area contributed by atoms with Crippen molar-refractivity contribution in [2.24, 2.45) is 0 Å². The molecule has 0 aliphatic heterocycles. The van der Waals surface area contributed by atoms with Crippen LogP contribution in [0.15, 0.2) is 18.2 Å². The first-order chi connectivity index (χ1) is 10.7. The Labute approximate surface area is 152 Å². The van der Waals surface area contributed by atoms with E-state index in [-0.39, 0.29) is 12.1 Å². The van der Waals surface area contributed by atoms with Crippen LogP contribution in [0.1, 0.15) is 52.0 Å². The van der Waals surface area contributed by atoms with Crippen molar-refractivity contribution >= 4 is 34.4 Å². The summed E-state index contributed by atoms with van der Waals surface area (Å²) >= 11 is 2.36. The van der Waals surface area contributed by atoms with Crippen LogP contribution in [0.25, 0.3) is 0 Å². The second kappa shape index (κ2) is 7.73. The van der Waals surface area contributed by atoms with Crippen LogP contribution in [0.4, 0.5) is 10.5 Å². The molecule has 5 heteroatoms. The fraction of sp³-hybridized carbons (Fsp3) is 0.611. The molecule has 23 heavy (non-hydrogen) atoms. The second-order valence-corrected chi connectivity index (χ2v) is 8.48. The zero-order valence-electron chi connectivity index (χ0n) is 14.4. The molecule has 1 aromatic rings. The predicted octanol–water partition coefficient (Wildman–Crippen LogP) is 4.85. The molecule has 2 N–H and O–H groups in total. The maximum absolute atomic E-state index is 11.9. The van der Waals surface area contributed by atoms with E-state index in [1.807, 2.05) is 20.8 Å². The van der Waals surface area contributed by atoms with E-state index in [0.717, 1.165) is 31.4 Å². The molecule has 1 saturated carbocycles. The van der Waals surface area contributed by atoms with Gasteiger partial charge in [-0.25, -0.2) is 4.79 Å². The molecule has 2 atom stereocenters. The summed E-state index contributed by atoms with van der Waals surface area (Å²) in [7, 11) is 0. The molecule has 1 amide bonds. The largest absolute Gasteiger partial charge is 0.444 e. The summed E-state index contributed by atoms with van der Waals surface area (Å²) in [5.74, 6) is 0. The highest BCUT2D eigenvalue weighted by Gasteiger charge is 2.25. The molecule has 1 fully saturated rings. The molecule has 0 radical (unpaired) electrons. The van der Waals surface area contributed by atoms with Gasteiger partial charge in [-0.15, -0.1) is 0 Å². The van der Waals surface area contributed by atoms with Crippen LogP contribution >= 0.6 is 22.6 Å². The van der Waals surface area contributed by atoms with Gasteiger partial charge in [-0.1, -0.05) is 6.07 Å². The van der Waals surface area contributed by atoms with Gasteiger partial charge in [0, 0.05) is 21.3 Å². The van der Waals surface area contributed by atoms with E-state index in [2.05, 4.69) is 58.3 Å². The first kappa shape index (κ1) is 18.4. The Morgan fingerprint density at radius 2 is 1.96 bits per heavy atom. The molecule has 0 spiro atoms. The average Bonchev–Trinajstić information content (AvgIpc) is 2.41. The van der Waals surface area contributed by atoms with E-state index in [9.17, 15) is 4.79 Å². The summed E-state index contributed by atoms with van der Waals surface area (Å²) in [6.45, 7) is 7.78. The second-order valence-electron chi connectivity index (χ2n) is 7.31. The monoisotopic (exact) mass is 430 g/mol. The van der Waals surface area contributed by atoms with Gasteiger partial charge in [-0.3, -0.25) is 0 Å². The molecule has 1 aliphatic carbocycles. The fourth-order valence-corrected chi connectivity index (χ4v) is 3.36. The lowest BCUT2D eigenvalue weighted by Gasteiger charge is -2.31. The van der Waals surface area contributed by atoms with E-state index >= 15 is 0 Å². The summed E-state index contributed by atoms with van der Waals surface area (Å²) in [6.07, 6.45) is 3.89. The van der Waals surface area contributed by atoms with Gasteiger partial charge in [0.05, 0.1) is 0 Å². The Balaban J connectivity index is 1.88. The van der Waals surface area contributed by atoms with Crippen molar-refractivity contribution in [3.8, 4) is 0 Å². The van der Waals surface area contributed by atoms with Crippen LogP contribution in [0.5, 0.6) is 0 Å². The molecule has 2 unspecified atom stereocenters. The van der Waals surface area contributed by atoms with Gasteiger partial charge >= 0.3 is 6.09 Å². The number of ether oxygens (including phenoxy) is 1. The number of aryl methyl sites for hydroxylation is 1. The zero-order chi connectivity index (χ0) is 17.0. The van der Waals surface area contributed by atoms with Gasteiger partial charge in [0.15, 0.2) is 0 Å². The number of rotatable bonds is 3. The number of benzene rings is 1. The molecule has 2 rings (SSSR count). The molecule has 0 bridgehead atoms. The van der Waals surface area contributed by atoms with E-state index in [1.54, 1.807) is 0 Å². The number of halogens is 1. The van der Waals surface area contributed by atoms with Gasteiger partial charge in [0.2, 0.25) is 0 Å². The predicted molar refractivity (Wildman–Crippen MR) is 103 cm³/mol. The minimum atomic E-state index is -0.449. The lowest BCUT2D eigenvalue weighted by molar-refractivity contribution is 0.0492. The van der Waals surface area contributed by atoms with Crippen LogP contribution in [-0.4, -0.2) is 23.8 Å². The maximum Gasteiger partial charge on any atom is 0.407 e. The highest BCUT2D eigenvalue weighted by molar-refractivity contribution is 14.1. The van der Waals surface area contributed by atoms with Crippen LogP contribution in [0.3, 0.4) is 0 Å². The number of anilines is 1. The number of carbonyl (C=O) groups excluding carboxylic acids is 1. The smallest absolute Gasteiger partial charge is 0.407 e. The Bertz CT molecular complexity index is 554. The summed E-state index contributed by atoms with van der Waals surface area (Å²) in [4.78, 5) is 11.9. The third-order valence-corrected chi connectivity index (χ3v) is 5.10. The van der Waals surface area contributed by atoms with E-state index in [1.165, 1.54) is 9.13 Å². The third-order valence-electron chi connectivity index (χ3n) is 3.94. The van der Waals surface area contributed by atoms with Gasteiger partial charge in [0.1, 0.15) is 5.60 Å². The summed E-state index contributed by atoms with van der Waals surface area (Å²) in [5, 5.41) is 6.61. The number of nitrogens with one attached hydrogen (secondary N) is 2. The maximum atomic E-state index is 11.9. The van der Waals surface area contributed by atoms with Crippen molar-refractivity contribution in [2.75, 3.05) is 5.32 Å². The van der Waals surface area contributed by atoms with Gasteiger partial charge in [-0.05, 0) is 93.7 Å². The van der Waals surface area contributed by atoms with Crippen molar-refractivity contribution in [3.05, 3.63) is 27.3 Å². The zero-order valence-corrected chi connectivity index (χ0v) is 16.6. The minimum Gasteiger partial charge on any atom is -0.444 e. The highest BCUT2D eigenvalue weighted by Crippen LogP contribution is 2.24. The van der Waals surface area contributed by atoms with Crippen LogP contribution in [0, 0.1) is 10.5 Å². The summed E-state index contributed by atoms with van der Waals surface area (Å²) < 4.78 is 6.62. The summed E-state index contributed by atoms with van der Waals surface area (Å²) in [6, 6.07) is 7.02. The third kappa shape index (κ3) is 6.20. The van der Waals surface area contributed by atoms with Crippen molar-refractivity contribution < 1.29 is 9.53 Å². The van der Waals surface area contributed by atoms with Crippen LogP contribution in [-0.2, 0) is 4.74 Å². The SMILES string of the molecule is Cc1ccc(NC2CCCC(NC(=O)OC(C)(C)C)C2)cc1I.